The van der Waals surface area contributed by atoms with Crippen molar-refractivity contribution in [2.75, 3.05) is 18.0 Å². The molecule has 108 valence electrons. The second-order valence-electron chi connectivity index (χ2n) is 6.28. The van der Waals surface area contributed by atoms with Gasteiger partial charge in [-0.15, -0.1) is 5.10 Å². The largest absolute Gasteiger partial charge is 0.407 e. The van der Waals surface area contributed by atoms with Gasteiger partial charge in [0.15, 0.2) is 0 Å². The van der Waals surface area contributed by atoms with Crippen LogP contribution in [0.3, 0.4) is 0 Å². The Hall–Kier alpha value is -1.10. The van der Waals surface area contributed by atoms with Gasteiger partial charge in [0, 0.05) is 12.6 Å². The quantitative estimate of drug-likeness (QED) is 0.783. The van der Waals surface area contributed by atoms with Gasteiger partial charge in [0.1, 0.15) is 0 Å². The standard InChI is InChI=1S/C14H26N4O/c1-10(2)7-15-8-13-16-17-14(19-13)18(9-11(3)4)12-5-6-12/h10-12,15H,5-9H2,1-4H3. The van der Waals surface area contributed by atoms with Crippen molar-refractivity contribution in [2.24, 2.45) is 11.8 Å². The lowest BCUT2D eigenvalue weighted by Crippen LogP contribution is -2.30. The summed E-state index contributed by atoms with van der Waals surface area (Å²) >= 11 is 0. The molecule has 0 unspecified atom stereocenters. The monoisotopic (exact) mass is 266 g/mol. The molecule has 0 aliphatic heterocycles. The molecule has 19 heavy (non-hydrogen) atoms. The van der Waals surface area contributed by atoms with Crippen molar-refractivity contribution in [3.63, 3.8) is 0 Å². The molecule has 1 N–H and O–H groups in total. The van der Waals surface area contributed by atoms with E-state index in [0.717, 1.165) is 13.1 Å². The first kappa shape index (κ1) is 14.3. The second-order valence-corrected chi connectivity index (χ2v) is 6.28. The van der Waals surface area contributed by atoms with Gasteiger partial charge in [0.2, 0.25) is 5.89 Å². The van der Waals surface area contributed by atoms with Gasteiger partial charge in [-0.2, -0.15) is 0 Å². The Kier molecular flexibility index (Phi) is 4.80. The molecule has 0 aromatic carbocycles. The summed E-state index contributed by atoms with van der Waals surface area (Å²) in [6.07, 6.45) is 2.49. The fraction of sp³-hybridized carbons (Fsp3) is 0.857. The van der Waals surface area contributed by atoms with Crippen molar-refractivity contribution >= 4 is 6.01 Å². The molecule has 1 aliphatic rings. The van der Waals surface area contributed by atoms with Gasteiger partial charge in [-0.25, -0.2) is 0 Å². The van der Waals surface area contributed by atoms with Crippen molar-refractivity contribution < 1.29 is 4.42 Å². The summed E-state index contributed by atoms with van der Waals surface area (Å²) in [7, 11) is 0. The summed E-state index contributed by atoms with van der Waals surface area (Å²) in [5, 5.41) is 11.7. The molecule has 0 atom stereocenters. The van der Waals surface area contributed by atoms with Crippen molar-refractivity contribution in [3.05, 3.63) is 5.89 Å². The molecule has 5 heteroatoms. The Morgan fingerprint density at radius 3 is 2.53 bits per heavy atom. The van der Waals surface area contributed by atoms with Crippen molar-refractivity contribution in [2.45, 2.75) is 53.1 Å². The highest BCUT2D eigenvalue weighted by molar-refractivity contribution is 5.29. The minimum absolute atomic E-state index is 0.606. The number of anilines is 1. The van der Waals surface area contributed by atoms with E-state index in [2.05, 4.69) is 48.1 Å². The summed E-state index contributed by atoms with van der Waals surface area (Å²) in [6, 6.07) is 1.30. The average molecular weight is 266 g/mol. The Morgan fingerprint density at radius 1 is 1.21 bits per heavy atom. The van der Waals surface area contributed by atoms with E-state index in [0.29, 0.717) is 36.3 Å². The predicted molar refractivity (Wildman–Crippen MR) is 76.0 cm³/mol. The van der Waals surface area contributed by atoms with Crippen LogP contribution in [0.5, 0.6) is 0 Å². The highest BCUT2D eigenvalue weighted by Crippen LogP contribution is 2.31. The van der Waals surface area contributed by atoms with E-state index in [9.17, 15) is 0 Å². The van der Waals surface area contributed by atoms with Crippen LogP contribution in [-0.2, 0) is 6.54 Å². The fourth-order valence-corrected chi connectivity index (χ4v) is 2.06. The topological polar surface area (TPSA) is 54.2 Å². The third kappa shape index (κ3) is 4.49. The summed E-state index contributed by atoms with van der Waals surface area (Å²) in [6.45, 7) is 11.4. The van der Waals surface area contributed by atoms with E-state index in [-0.39, 0.29) is 0 Å². The van der Waals surface area contributed by atoms with E-state index in [4.69, 9.17) is 4.42 Å². The van der Waals surface area contributed by atoms with Crippen LogP contribution in [-0.4, -0.2) is 29.3 Å². The maximum atomic E-state index is 5.77. The smallest absolute Gasteiger partial charge is 0.318 e. The summed E-state index contributed by atoms with van der Waals surface area (Å²) < 4.78 is 5.77. The molecule has 0 amide bonds. The van der Waals surface area contributed by atoms with Gasteiger partial charge in [-0.1, -0.05) is 32.8 Å². The van der Waals surface area contributed by atoms with Crippen molar-refractivity contribution in [1.29, 1.82) is 0 Å². The zero-order valence-electron chi connectivity index (χ0n) is 12.5. The van der Waals surface area contributed by atoms with E-state index in [1.165, 1.54) is 12.8 Å². The SMILES string of the molecule is CC(C)CNCc1nnc(N(CC(C)C)C2CC2)o1. The molecule has 5 nitrogen and oxygen atoms in total. The Balaban J connectivity index is 1.90. The number of nitrogens with zero attached hydrogens (tertiary/aromatic N) is 3. The van der Waals surface area contributed by atoms with Crippen LogP contribution in [0.15, 0.2) is 4.42 Å². The van der Waals surface area contributed by atoms with Gasteiger partial charge in [0.25, 0.3) is 0 Å². The highest BCUT2D eigenvalue weighted by atomic mass is 16.4. The molecule has 1 aromatic rings. The lowest BCUT2D eigenvalue weighted by molar-refractivity contribution is 0.439. The van der Waals surface area contributed by atoms with Crippen molar-refractivity contribution in [3.8, 4) is 0 Å². The molecular weight excluding hydrogens is 240 g/mol. The van der Waals surface area contributed by atoms with Crippen LogP contribution in [0.1, 0.15) is 46.4 Å². The van der Waals surface area contributed by atoms with Crippen LogP contribution in [0.2, 0.25) is 0 Å². The van der Waals surface area contributed by atoms with Crippen LogP contribution >= 0.6 is 0 Å². The van der Waals surface area contributed by atoms with E-state index in [1.807, 2.05) is 0 Å². The molecular formula is C14H26N4O. The normalized spacial score (nSPS) is 15.5. The molecule has 1 saturated carbocycles. The number of nitrogens with one attached hydrogen (secondary N) is 1. The zero-order valence-corrected chi connectivity index (χ0v) is 12.5. The Labute approximate surface area is 115 Å². The maximum Gasteiger partial charge on any atom is 0.318 e. The molecule has 0 radical (unpaired) electrons. The summed E-state index contributed by atoms with van der Waals surface area (Å²) in [5.41, 5.74) is 0. The van der Waals surface area contributed by atoms with Crippen LogP contribution < -0.4 is 10.2 Å². The van der Waals surface area contributed by atoms with Gasteiger partial charge in [-0.05, 0) is 31.2 Å². The van der Waals surface area contributed by atoms with E-state index < -0.39 is 0 Å². The molecule has 1 heterocycles. The lowest BCUT2D eigenvalue weighted by atomic mass is 10.2. The zero-order chi connectivity index (χ0) is 13.8. The predicted octanol–water partition coefficient (Wildman–Crippen LogP) is 2.44. The maximum absolute atomic E-state index is 5.77. The number of hydrogen-bond acceptors (Lipinski definition) is 5. The van der Waals surface area contributed by atoms with E-state index in [1.54, 1.807) is 0 Å². The Morgan fingerprint density at radius 2 is 1.95 bits per heavy atom. The first-order chi connectivity index (χ1) is 9.06. The second kappa shape index (κ2) is 6.37. The molecule has 2 rings (SSSR count). The third-order valence-electron chi connectivity index (χ3n) is 3.08. The van der Waals surface area contributed by atoms with Crippen LogP contribution in [0.4, 0.5) is 6.01 Å². The van der Waals surface area contributed by atoms with E-state index >= 15 is 0 Å². The van der Waals surface area contributed by atoms with Crippen molar-refractivity contribution in [1.82, 2.24) is 15.5 Å². The number of hydrogen-bond donors (Lipinski definition) is 1. The first-order valence-electron chi connectivity index (χ1n) is 7.36. The summed E-state index contributed by atoms with van der Waals surface area (Å²) in [4.78, 5) is 2.27. The van der Waals surface area contributed by atoms with Crippen LogP contribution in [0.25, 0.3) is 0 Å². The fourth-order valence-electron chi connectivity index (χ4n) is 2.06. The van der Waals surface area contributed by atoms with Gasteiger partial charge < -0.3 is 14.6 Å². The number of aromatic nitrogens is 2. The first-order valence-corrected chi connectivity index (χ1v) is 7.36. The summed E-state index contributed by atoms with van der Waals surface area (Å²) in [5.74, 6) is 1.92. The highest BCUT2D eigenvalue weighted by Gasteiger charge is 2.32. The molecule has 1 fully saturated rings. The molecule has 1 aromatic heterocycles. The lowest BCUT2D eigenvalue weighted by Gasteiger charge is -2.21. The van der Waals surface area contributed by atoms with Gasteiger partial charge in [0.05, 0.1) is 6.54 Å². The van der Waals surface area contributed by atoms with Gasteiger partial charge in [-0.3, -0.25) is 0 Å². The van der Waals surface area contributed by atoms with Gasteiger partial charge >= 0.3 is 6.01 Å². The number of rotatable bonds is 8. The molecule has 0 saturated heterocycles. The third-order valence-corrected chi connectivity index (χ3v) is 3.08. The molecule has 1 aliphatic carbocycles. The minimum Gasteiger partial charge on any atom is -0.407 e. The average Bonchev–Trinajstić information content (AvgIpc) is 3.05. The minimum atomic E-state index is 0.606. The van der Waals surface area contributed by atoms with Crippen LogP contribution in [0, 0.1) is 11.8 Å². The Bertz CT molecular complexity index is 385. The molecule has 0 bridgehead atoms. The molecule has 0 spiro atoms.